The van der Waals surface area contributed by atoms with Gasteiger partial charge in [-0.1, -0.05) is 13.0 Å². The Bertz CT molecular complexity index is 532. The van der Waals surface area contributed by atoms with Crippen LogP contribution in [-0.2, 0) is 0 Å². The number of hydrogen-bond acceptors (Lipinski definition) is 3. The average Bonchev–Trinajstić information content (AvgIpc) is 2.89. The van der Waals surface area contributed by atoms with Crippen LogP contribution in [0.3, 0.4) is 0 Å². The Morgan fingerprint density at radius 3 is 2.83 bits per heavy atom. The van der Waals surface area contributed by atoms with Gasteiger partial charge in [-0.2, -0.15) is 5.10 Å². The molecule has 0 spiro atoms. The van der Waals surface area contributed by atoms with E-state index in [0.29, 0.717) is 12.3 Å². The molecule has 0 saturated heterocycles. The van der Waals surface area contributed by atoms with E-state index in [4.69, 9.17) is 10.1 Å². The van der Waals surface area contributed by atoms with E-state index in [2.05, 4.69) is 17.1 Å². The summed E-state index contributed by atoms with van der Waals surface area (Å²) in [5.74, 6) is 0.767. The van der Waals surface area contributed by atoms with Crippen molar-refractivity contribution < 1.29 is 4.74 Å². The van der Waals surface area contributed by atoms with E-state index in [9.17, 15) is 0 Å². The number of rotatable bonds is 5. The van der Waals surface area contributed by atoms with Crippen LogP contribution in [-0.4, -0.2) is 22.5 Å². The molecular formula is C14H17N3O. The second-order valence-corrected chi connectivity index (χ2v) is 4.17. The number of nitrogens with one attached hydrogen (secondary N) is 2. The van der Waals surface area contributed by atoms with Crippen LogP contribution in [0.2, 0.25) is 0 Å². The van der Waals surface area contributed by atoms with Crippen LogP contribution in [0.25, 0.3) is 11.1 Å². The number of ether oxygens (including phenoxy) is 1. The van der Waals surface area contributed by atoms with E-state index < -0.39 is 0 Å². The van der Waals surface area contributed by atoms with Crippen molar-refractivity contribution in [1.82, 2.24) is 10.2 Å². The van der Waals surface area contributed by atoms with Crippen molar-refractivity contribution in [3.05, 3.63) is 36.2 Å². The van der Waals surface area contributed by atoms with Crippen molar-refractivity contribution in [3.8, 4) is 16.9 Å². The molecule has 4 nitrogen and oxygen atoms in total. The Morgan fingerprint density at radius 1 is 1.39 bits per heavy atom. The van der Waals surface area contributed by atoms with Crippen LogP contribution in [0.5, 0.6) is 5.75 Å². The summed E-state index contributed by atoms with van der Waals surface area (Å²) in [5, 5.41) is 14.5. The fourth-order valence-corrected chi connectivity index (χ4v) is 1.75. The predicted molar refractivity (Wildman–Crippen MR) is 72.3 cm³/mol. The molecule has 0 amide bonds. The van der Waals surface area contributed by atoms with Gasteiger partial charge in [0.2, 0.25) is 0 Å². The largest absolute Gasteiger partial charge is 0.493 e. The first-order chi connectivity index (χ1) is 8.72. The molecule has 0 atom stereocenters. The van der Waals surface area contributed by atoms with Crippen molar-refractivity contribution in [2.45, 2.75) is 20.3 Å². The fourth-order valence-electron chi connectivity index (χ4n) is 1.75. The molecule has 0 aliphatic heterocycles. The van der Waals surface area contributed by atoms with Gasteiger partial charge in [0.1, 0.15) is 5.75 Å². The van der Waals surface area contributed by atoms with Gasteiger partial charge in [-0.25, -0.2) is 0 Å². The van der Waals surface area contributed by atoms with Gasteiger partial charge in [-0.3, -0.25) is 5.10 Å². The van der Waals surface area contributed by atoms with E-state index in [0.717, 1.165) is 28.9 Å². The van der Waals surface area contributed by atoms with E-state index >= 15 is 0 Å². The summed E-state index contributed by atoms with van der Waals surface area (Å²) in [5.41, 5.74) is 3.42. The SMILES string of the molecule is CCCOc1cc(-c2cn[nH]c2)ccc1C(C)=N. The maximum Gasteiger partial charge on any atom is 0.128 e. The van der Waals surface area contributed by atoms with Gasteiger partial charge in [0, 0.05) is 23.0 Å². The van der Waals surface area contributed by atoms with Crippen LogP contribution >= 0.6 is 0 Å². The molecule has 0 bridgehead atoms. The van der Waals surface area contributed by atoms with Crippen molar-refractivity contribution in [2.75, 3.05) is 6.61 Å². The molecular weight excluding hydrogens is 226 g/mol. The van der Waals surface area contributed by atoms with Gasteiger partial charge >= 0.3 is 0 Å². The molecule has 94 valence electrons. The molecule has 2 rings (SSSR count). The van der Waals surface area contributed by atoms with Crippen molar-refractivity contribution in [3.63, 3.8) is 0 Å². The summed E-state index contributed by atoms with van der Waals surface area (Å²) in [4.78, 5) is 0. The summed E-state index contributed by atoms with van der Waals surface area (Å²) in [6.07, 6.45) is 4.57. The molecule has 0 unspecified atom stereocenters. The minimum absolute atomic E-state index is 0.514. The van der Waals surface area contributed by atoms with E-state index in [-0.39, 0.29) is 0 Å². The summed E-state index contributed by atoms with van der Waals surface area (Å²) >= 11 is 0. The third-order valence-corrected chi connectivity index (χ3v) is 2.68. The lowest BCUT2D eigenvalue weighted by atomic mass is 10.0. The monoisotopic (exact) mass is 243 g/mol. The Balaban J connectivity index is 2.38. The zero-order chi connectivity index (χ0) is 13.0. The highest BCUT2D eigenvalue weighted by atomic mass is 16.5. The molecule has 0 aliphatic carbocycles. The molecule has 0 fully saturated rings. The lowest BCUT2D eigenvalue weighted by Crippen LogP contribution is -2.02. The van der Waals surface area contributed by atoms with Crippen LogP contribution in [0, 0.1) is 5.41 Å². The Hall–Kier alpha value is -2.10. The summed E-state index contributed by atoms with van der Waals surface area (Å²) in [7, 11) is 0. The Labute approximate surface area is 107 Å². The predicted octanol–water partition coefficient (Wildman–Crippen LogP) is 3.25. The number of nitrogens with zero attached hydrogens (tertiary/aromatic N) is 1. The molecule has 0 saturated carbocycles. The van der Waals surface area contributed by atoms with Gasteiger partial charge < -0.3 is 10.1 Å². The third kappa shape index (κ3) is 2.59. The van der Waals surface area contributed by atoms with Crippen LogP contribution in [0.15, 0.2) is 30.6 Å². The maximum absolute atomic E-state index is 7.76. The number of aromatic amines is 1. The van der Waals surface area contributed by atoms with E-state index in [1.54, 1.807) is 13.1 Å². The van der Waals surface area contributed by atoms with Crippen LogP contribution in [0.1, 0.15) is 25.8 Å². The topological polar surface area (TPSA) is 61.8 Å². The highest BCUT2D eigenvalue weighted by Gasteiger charge is 2.08. The van der Waals surface area contributed by atoms with Crippen LogP contribution in [0.4, 0.5) is 0 Å². The molecule has 1 aromatic carbocycles. The van der Waals surface area contributed by atoms with Crippen LogP contribution < -0.4 is 4.74 Å². The van der Waals surface area contributed by atoms with E-state index in [1.165, 1.54) is 0 Å². The highest BCUT2D eigenvalue weighted by Crippen LogP contribution is 2.27. The molecule has 0 radical (unpaired) electrons. The van der Waals surface area contributed by atoms with Gasteiger partial charge in [-0.15, -0.1) is 0 Å². The summed E-state index contributed by atoms with van der Waals surface area (Å²) in [6.45, 7) is 4.50. The lowest BCUT2D eigenvalue weighted by Gasteiger charge is -2.11. The highest BCUT2D eigenvalue weighted by molar-refractivity contribution is 5.99. The molecule has 1 heterocycles. The van der Waals surface area contributed by atoms with E-state index in [1.807, 2.05) is 24.4 Å². The standard InChI is InChI=1S/C14H17N3O/c1-3-6-18-14-7-11(12-8-16-17-9-12)4-5-13(14)10(2)15/h4-5,7-9,15H,3,6H2,1-2H3,(H,16,17). The van der Waals surface area contributed by atoms with Gasteiger partial charge in [0.05, 0.1) is 12.8 Å². The number of hydrogen-bond donors (Lipinski definition) is 2. The number of benzene rings is 1. The fraction of sp³-hybridized carbons (Fsp3) is 0.286. The maximum atomic E-state index is 7.76. The smallest absolute Gasteiger partial charge is 0.128 e. The second-order valence-electron chi connectivity index (χ2n) is 4.17. The van der Waals surface area contributed by atoms with Gasteiger partial charge in [0.15, 0.2) is 0 Å². The average molecular weight is 243 g/mol. The zero-order valence-corrected chi connectivity index (χ0v) is 10.7. The first-order valence-electron chi connectivity index (χ1n) is 6.04. The van der Waals surface area contributed by atoms with Crippen molar-refractivity contribution in [1.29, 1.82) is 5.41 Å². The molecule has 18 heavy (non-hydrogen) atoms. The lowest BCUT2D eigenvalue weighted by molar-refractivity contribution is 0.317. The Morgan fingerprint density at radius 2 is 2.22 bits per heavy atom. The first-order valence-corrected chi connectivity index (χ1v) is 6.04. The minimum atomic E-state index is 0.514. The van der Waals surface area contributed by atoms with Gasteiger partial charge in [-0.05, 0) is 31.0 Å². The number of H-pyrrole nitrogens is 1. The van der Waals surface area contributed by atoms with Crippen molar-refractivity contribution in [2.24, 2.45) is 0 Å². The molecule has 2 N–H and O–H groups in total. The zero-order valence-electron chi connectivity index (χ0n) is 10.7. The molecule has 0 aliphatic rings. The molecule has 2 aromatic rings. The summed E-state index contributed by atoms with van der Waals surface area (Å²) < 4.78 is 5.71. The quantitative estimate of drug-likeness (QED) is 0.792. The van der Waals surface area contributed by atoms with Crippen molar-refractivity contribution >= 4 is 5.71 Å². The Kier molecular flexibility index (Phi) is 3.77. The normalized spacial score (nSPS) is 10.3. The third-order valence-electron chi connectivity index (χ3n) is 2.68. The second kappa shape index (κ2) is 5.49. The minimum Gasteiger partial charge on any atom is -0.493 e. The first kappa shape index (κ1) is 12.4. The molecule has 4 heteroatoms. The molecule has 1 aromatic heterocycles. The number of aromatic nitrogens is 2. The van der Waals surface area contributed by atoms with Gasteiger partial charge in [0.25, 0.3) is 0 Å². The summed E-state index contributed by atoms with van der Waals surface area (Å²) in [6, 6.07) is 5.88.